The topological polar surface area (TPSA) is 63.9 Å². The van der Waals surface area contributed by atoms with Crippen LogP contribution in [0.4, 0.5) is 0 Å². The smallest absolute Gasteiger partial charge is 0.266 e. The Kier molecular flexibility index (Phi) is 3.66. The number of nitrogens with zero attached hydrogens (tertiary/aromatic N) is 5. The summed E-state index contributed by atoms with van der Waals surface area (Å²) in [5, 5.41) is 4.56. The Balaban J connectivity index is 1.15. The van der Waals surface area contributed by atoms with E-state index in [1.54, 1.807) is 10.7 Å². The SMILES string of the molecule is O=c1ccc(C2CC2)nn1CC1CN(Cc2cnc(C3CC3)nc2)C1. The summed E-state index contributed by atoms with van der Waals surface area (Å²) in [6.07, 6.45) is 8.84. The molecule has 130 valence electrons. The maximum Gasteiger partial charge on any atom is 0.266 e. The van der Waals surface area contributed by atoms with E-state index in [0.29, 0.717) is 17.8 Å². The molecule has 3 aliphatic rings. The zero-order valence-electron chi connectivity index (χ0n) is 14.3. The number of rotatable bonds is 6. The third-order valence-corrected chi connectivity index (χ3v) is 5.42. The summed E-state index contributed by atoms with van der Waals surface area (Å²) < 4.78 is 1.67. The van der Waals surface area contributed by atoms with Gasteiger partial charge in [0.25, 0.3) is 5.56 Å². The summed E-state index contributed by atoms with van der Waals surface area (Å²) in [6.45, 7) is 3.64. The molecule has 1 aliphatic heterocycles. The number of aromatic nitrogens is 4. The van der Waals surface area contributed by atoms with Gasteiger partial charge in [-0.15, -0.1) is 0 Å². The second kappa shape index (κ2) is 6.02. The lowest BCUT2D eigenvalue weighted by atomic mass is 9.99. The average molecular weight is 337 g/mol. The van der Waals surface area contributed by atoms with Crippen molar-refractivity contribution in [1.82, 2.24) is 24.6 Å². The van der Waals surface area contributed by atoms with E-state index in [4.69, 9.17) is 0 Å². The lowest BCUT2D eigenvalue weighted by Crippen LogP contribution is -2.48. The minimum absolute atomic E-state index is 0.0203. The Morgan fingerprint density at radius 2 is 1.72 bits per heavy atom. The number of likely N-dealkylation sites (tertiary alicyclic amines) is 1. The van der Waals surface area contributed by atoms with Gasteiger partial charge in [0.1, 0.15) is 5.82 Å². The van der Waals surface area contributed by atoms with Gasteiger partial charge >= 0.3 is 0 Å². The van der Waals surface area contributed by atoms with Crippen molar-refractivity contribution in [2.45, 2.75) is 50.6 Å². The Morgan fingerprint density at radius 3 is 2.40 bits per heavy atom. The van der Waals surface area contributed by atoms with Gasteiger partial charge in [-0.3, -0.25) is 9.69 Å². The molecule has 2 aliphatic carbocycles. The van der Waals surface area contributed by atoms with Crippen molar-refractivity contribution < 1.29 is 0 Å². The quantitative estimate of drug-likeness (QED) is 0.806. The molecule has 0 radical (unpaired) electrons. The van der Waals surface area contributed by atoms with Gasteiger partial charge in [-0.2, -0.15) is 5.10 Å². The van der Waals surface area contributed by atoms with E-state index < -0.39 is 0 Å². The minimum atomic E-state index is 0.0203. The normalized spacial score (nSPS) is 21.3. The van der Waals surface area contributed by atoms with Crippen LogP contribution in [0, 0.1) is 5.92 Å². The molecule has 5 rings (SSSR count). The van der Waals surface area contributed by atoms with Gasteiger partial charge in [-0.05, 0) is 31.7 Å². The zero-order chi connectivity index (χ0) is 16.8. The van der Waals surface area contributed by atoms with Crippen molar-refractivity contribution in [3.63, 3.8) is 0 Å². The van der Waals surface area contributed by atoms with Crippen molar-refractivity contribution in [2.24, 2.45) is 5.92 Å². The van der Waals surface area contributed by atoms with Crippen LogP contribution >= 0.6 is 0 Å². The first kappa shape index (κ1) is 15.2. The van der Waals surface area contributed by atoms with E-state index in [9.17, 15) is 4.79 Å². The average Bonchev–Trinajstić information content (AvgIpc) is 3.47. The summed E-state index contributed by atoms with van der Waals surface area (Å²) in [5.41, 5.74) is 2.28. The molecule has 0 bridgehead atoms. The third kappa shape index (κ3) is 3.35. The van der Waals surface area contributed by atoms with Crippen molar-refractivity contribution >= 4 is 0 Å². The van der Waals surface area contributed by atoms with Gasteiger partial charge in [-0.25, -0.2) is 14.6 Å². The largest absolute Gasteiger partial charge is 0.298 e. The zero-order valence-corrected chi connectivity index (χ0v) is 14.3. The lowest BCUT2D eigenvalue weighted by Gasteiger charge is -2.39. The van der Waals surface area contributed by atoms with Gasteiger partial charge in [-0.1, -0.05) is 0 Å². The van der Waals surface area contributed by atoms with Crippen LogP contribution in [0.1, 0.15) is 54.6 Å². The van der Waals surface area contributed by atoms with Gasteiger partial charge in [0.15, 0.2) is 0 Å². The number of hydrogen-bond donors (Lipinski definition) is 0. The Hall–Kier alpha value is -2.08. The van der Waals surface area contributed by atoms with E-state index in [-0.39, 0.29) is 5.56 Å². The molecule has 3 fully saturated rings. The molecule has 2 aromatic heterocycles. The highest BCUT2D eigenvalue weighted by atomic mass is 16.1. The fraction of sp³-hybridized carbons (Fsp3) is 0.579. The summed E-state index contributed by atoms with van der Waals surface area (Å²) in [6, 6.07) is 3.57. The van der Waals surface area contributed by atoms with E-state index in [2.05, 4.69) is 20.0 Å². The van der Waals surface area contributed by atoms with Crippen LogP contribution in [0.2, 0.25) is 0 Å². The van der Waals surface area contributed by atoms with Crippen LogP contribution in [-0.2, 0) is 13.1 Å². The molecule has 6 heteroatoms. The molecule has 0 atom stereocenters. The molecule has 6 nitrogen and oxygen atoms in total. The van der Waals surface area contributed by atoms with E-state index >= 15 is 0 Å². The van der Waals surface area contributed by atoms with Gasteiger partial charge in [0.05, 0.1) is 12.2 Å². The molecule has 0 amide bonds. The van der Waals surface area contributed by atoms with E-state index in [1.807, 2.05) is 18.5 Å². The van der Waals surface area contributed by atoms with Crippen molar-refractivity contribution in [3.8, 4) is 0 Å². The standard InChI is InChI=1S/C19H23N5O/c25-18-6-5-17(15-1-2-15)22-24(18)12-14-10-23(11-14)9-13-7-20-19(21-8-13)16-3-4-16/h5-8,14-16H,1-4,9-12H2. The van der Waals surface area contributed by atoms with Crippen molar-refractivity contribution in [2.75, 3.05) is 13.1 Å². The fourth-order valence-electron chi connectivity index (χ4n) is 3.62. The van der Waals surface area contributed by atoms with Crippen LogP contribution < -0.4 is 5.56 Å². The first-order chi connectivity index (χ1) is 12.2. The summed E-state index contributed by atoms with van der Waals surface area (Å²) in [7, 11) is 0. The van der Waals surface area contributed by atoms with Crippen molar-refractivity contribution in [3.05, 3.63) is 52.0 Å². The minimum Gasteiger partial charge on any atom is -0.298 e. The maximum atomic E-state index is 12.0. The molecule has 3 heterocycles. The third-order valence-electron chi connectivity index (χ3n) is 5.42. The Morgan fingerprint density at radius 1 is 1.00 bits per heavy atom. The first-order valence-electron chi connectivity index (χ1n) is 9.36. The molecule has 0 aromatic carbocycles. The Labute approximate surface area is 146 Å². The van der Waals surface area contributed by atoms with Crippen LogP contribution in [0.5, 0.6) is 0 Å². The fourth-order valence-corrected chi connectivity index (χ4v) is 3.62. The molecule has 0 N–H and O–H groups in total. The summed E-state index contributed by atoms with van der Waals surface area (Å²) >= 11 is 0. The molecule has 0 spiro atoms. The predicted molar refractivity (Wildman–Crippen MR) is 93.2 cm³/mol. The number of hydrogen-bond acceptors (Lipinski definition) is 5. The molecular weight excluding hydrogens is 314 g/mol. The highest BCUT2D eigenvalue weighted by molar-refractivity contribution is 5.13. The van der Waals surface area contributed by atoms with Crippen molar-refractivity contribution in [1.29, 1.82) is 0 Å². The van der Waals surface area contributed by atoms with Crippen LogP contribution in [0.25, 0.3) is 0 Å². The lowest BCUT2D eigenvalue weighted by molar-refractivity contribution is 0.0763. The van der Waals surface area contributed by atoms with Gasteiger partial charge in [0, 0.05) is 61.4 Å². The monoisotopic (exact) mass is 337 g/mol. The van der Waals surface area contributed by atoms with Gasteiger partial charge in [0.2, 0.25) is 0 Å². The van der Waals surface area contributed by atoms with Crippen LogP contribution in [0.15, 0.2) is 29.3 Å². The highest BCUT2D eigenvalue weighted by Gasteiger charge is 2.30. The molecular formula is C19H23N5O. The molecule has 1 saturated heterocycles. The second-order valence-electron chi connectivity index (χ2n) is 7.84. The van der Waals surface area contributed by atoms with Crippen LogP contribution in [-0.4, -0.2) is 37.7 Å². The first-order valence-corrected chi connectivity index (χ1v) is 9.36. The predicted octanol–water partition coefficient (Wildman–Crippen LogP) is 1.92. The summed E-state index contributed by atoms with van der Waals surface area (Å²) in [5.74, 6) is 2.71. The molecule has 2 saturated carbocycles. The summed E-state index contributed by atoms with van der Waals surface area (Å²) in [4.78, 5) is 23.4. The molecule has 25 heavy (non-hydrogen) atoms. The Bertz CT molecular complexity index is 816. The maximum absolute atomic E-state index is 12.0. The van der Waals surface area contributed by atoms with E-state index in [0.717, 1.165) is 37.7 Å². The molecule has 2 aromatic rings. The van der Waals surface area contributed by atoms with Gasteiger partial charge < -0.3 is 0 Å². The highest BCUT2D eigenvalue weighted by Crippen LogP contribution is 2.38. The van der Waals surface area contributed by atoms with E-state index in [1.165, 1.54) is 31.2 Å². The molecule has 0 unspecified atom stereocenters. The second-order valence-corrected chi connectivity index (χ2v) is 7.84. The van der Waals surface area contributed by atoms with Crippen LogP contribution in [0.3, 0.4) is 0 Å².